The van der Waals surface area contributed by atoms with Gasteiger partial charge >= 0.3 is 0 Å². The summed E-state index contributed by atoms with van der Waals surface area (Å²) < 4.78 is 9.78. The molecule has 0 bridgehead atoms. The van der Waals surface area contributed by atoms with E-state index < -0.39 is 0 Å². The van der Waals surface area contributed by atoms with Crippen LogP contribution in [0.4, 0.5) is 0 Å². The molecule has 0 aliphatic rings. The van der Waals surface area contributed by atoms with Crippen molar-refractivity contribution in [2.75, 3.05) is 0 Å². The first-order valence-corrected chi connectivity index (χ1v) is 25.8. The van der Waals surface area contributed by atoms with Crippen LogP contribution in [0.15, 0.2) is 261 Å². The Kier molecular flexibility index (Phi) is 9.20. The Morgan fingerprint density at radius 1 is 0.211 bits per heavy atom. The molecule has 0 spiro atoms. The lowest BCUT2D eigenvalue weighted by Gasteiger charge is -2.16. The molecule has 0 saturated carbocycles. The molecule has 5 heterocycles. The van der Waals surface area contributed by atoms with Gasteiger partial charge in [0.25, 0.3) is 0 Å². The average Bonchev–Trinajstić information content (AvgIpc) is 4.33. The number of hydrogen-bond acceptors (Lipinski definition) is 3. The molecule has 0 fully saturated rings. The number of hydrogen-bond donors (Lipinski definition) is 0. The highest BCUT2D eigenvalue weighted by Crippen LogP contribution is 2.45. The summed E-state index contributed by atoms with van der Waals surface area (Å²) >= 11 is 0. The monoisotopic (exact) mass is 969 g/mol. The number of para-hydroxylation sites is 6. The van der Waals surface area contributed by atoms with E-state index in [0.29, 0.717) is 17.5 Å². The van der Waals surface area contributed by atoms with Crippen molar-refractivity contribution in [3.05, 3.63) is 261 Å². The molecule has 0 unspecified atom stereocenters. The summed E-state index contributed by atoms with van der Waals surface area (Å²) in [6.45, 7) is 0. The van der Waals surface area contributed by atoms with Gasteiger partial charge in [-0.3, -0.25) is 0 Å². The minimum atomic E-state index is 0.579. The summed E-state index contributed by atoms with van der Waals surface area (Å²) in [6, 6.07) is 93.4. The first kappa shape index (κ1) is 42.2. The zero-order valence-corrected chi connectivity index (χ0v) is 41.0. The van der Waals surface area contributed by atoms with Crippen LogP contribution < -0.4 is 0 Å². The van der Waals surface area contributed by atoms with Gasteiger partial charge in [-0.1, -0.05) is 182 Å². The molecule has 0 aliphatic heterocycles. The van der Waals surface area contributed by atoms with Gasteiger partial charge in [-0.25, -0.2) is 15.0 Å². The van der Waals surface area contributed by atoms with Gasteiger partial charge in [0.1, 0.15) is 0 Å². The Morgan fingerprint density at radius 3 is 0.947 bits per heavy atom. The van der Waals surface area contributed by atoms with Crippen molar-refractivity contribution < 1.29 is 0 Å². The normalized spacial score (nSPS) is 11.9. The summed E-state index contributed by atoms with van der Waals surface area (Å²) in [5.41, 5.74) is 16.0. The molecule has 7 heteroatoms. The van der Waals surface area contributed by atoms with Crippen LogP contribution >= 0.6 is 0 Å². The molecule has 5 aromatic heterocycles. The van der Waals surface area contributed by atoms with E-state index in [1.54, 1.807) is 0 Å². The highest BCUT2D eigenvalue weighted by Gasteiger charge is 2.25. The predicted octanol–water partition coefficient (Wildman–Crippen LogP) is 17.3. The van der Waals surface area contributed by atoms with Gasteiger partial charge < -0.3 is 18.3 Å². The van der Waals surface area contributed by atoms with Gasteiger partial charge in [0.15, 0.2) is 17.5 Å². The third kappa shape index (κ3) is 6.26. The maximum absolute atomic E-state index is 5.37. The minimum Gasteiger partial charge on any atom is -0.309 e. The van der Waals surface area contributed by atoms with Crippen molar-refractivity contribution in [3.63, 3.8) is 0 Å². The first-order valence-electron chi connectivity index (χ1n) is 25.8. The SMILES string of the molecule is c1ccc(-c2nc(-c3ccccc3)nc(-c3cc(-n4c5ccccc5c5c4ccc4c6ccccc6n(-c6ccccc6)c45)cc(-n4c5ccccc5c5c4ccc4c6ccccc6n(-c6ccccc6)c45)c3)n2)cc1. The van der Waals surface area contributed by atoms with Crippen molar-refractivity contribution in [2.45, 2.75) is 0 Å². The molecule has 16 aromatic rings. The fourth-order valence-corrected chi connectivity index (χ4v) is 12.2. The topological polar surface area (TPSA) is 58.4 Å². The number of benzene rings is 11. The zero-order valence-electron chi connectivity index (χ0n) is 41.0. The van der Waals surface area contributed by atoms with E-state index in [9.17, 15) is 0 Å². The molecule has 0 amide bonds. The smallest absolute Gasteiger partial charge is 0.164 e. The maximum atomic E-state index is 5.37. The second kappa shape index (κ2) is 16.6. The summed E-state index contributed by atoms with van der Waals surface area (Å²) in [6.07, 6.45) is 0. The van der Waals surface area contributed by atoms with Crippen molar-refractivity contribution in [1.82, 2.24) is 33.2 Å². The Morgan fingerprint density at radius 2 is 0.539 bits per heavy atom. The number of fused-ring (bicyclic) bond motifs is 14. The second-order valence-electron chi connectivity index (χ2n) is 19.6. The van der Waals surface area contributed by atoms with Crippen molar-refractivity contribution >= 4 is 87.2 Å². The molecule has 16 rings (SSSR count). The van der Waals surface area contributed by atoms with Crippen LogP contribution in [0.25, 0.3) is 144 Å². The van der Waals surface area contributed by atoms with E-state index in [1.165, 1.54) is 65.2 Å². The average molecular weight is 970 g/mol. The fourth-order valence-electron chi connectivity index (χ4n) is 12.2. The third-order valence-corrected chi connectivity index (χ3v) is 15.3. The Labute approximate surface area is 436 Å². The Balaban J connectivity index is 1.04. The van der Waals surface area contributed by atoms with Crippen LogP contribution in [0, 0.1) is 0 Å². The highest BCUT2D eigenvalue weighted by molar-refractivity contribution is 6.27. The van der Waals surface area contributed by atoms with Gasteiger partial charge in [0.2, 0.25) is 0 Å². The molecule has 0 saturated heterocycles. The van der Waals surface area contributed by atoms with Crippen LogP contribution in [-0.2, 0) is 0 Å². The highest BCUT2D eigenvalue weighted by atomic mass is 15.1. The molecular formula is C69H43N7. The molecule has 7 nitrogen and oxygen atoms in total. The van der Waals surface area contributed by atoms with Gasteiger partial charge in [-0.2, -0.15) is 0 Å². The zero-order chi connectivity index (χ0) is 49.8. The predicted molar refractivity (Wildman–Crippen MR) is 313 cm³/mol. The Hall–Kier alpha value is -10.4. The largest absolute Gasteiger partial charge is 0.309 e. The number of rotatable bonds is 7. The van der Waals surface area contributed by atoms with Crippen molar-refractivity contribution in [1.29, 1.82) is 0 Å². The lowest BCUT2D eigenvalue weighted by atomic mass is 10.1. The van der Waals surface area contributed by atoms with E-state index in [1.807, 2.05) is 36.4 Å². The van der Waals surface area contributed by atoms with E-state index in [4.69, 9.17) is 15.0 Å². The minimum absolute atomic E-state index is 0.579. The third-order valence-electron chi connectivity index (χ3n) is 15.3. The standard InChI is InChI=1S/C69H43N7/c1-5-21-44(22-6-1)67-70-68(45-23-7-2-8-24-45)72-69(71-67)46-41-49(73-59-35-19-15-31-55(59)63-61(73)39-37-53-51-29-13-17-33-57(51)75(65(53)63)47-25-9-3-10-26-47)43-50(42-46)74-60-36-20-16-32-56(60)64-62(74)40-38-54-52-30-14-18-34-58(52)76(66(54)64)48-27-11-4-12-28-48/h1-43H. The van der Waals surface area contributed by atoms with E-state index in [0.717, 1.165) is 61.5 Å². The van der Waals surface area contributed by atoms with Crippen LogP contribution in [-0.4, -0.2) is 33.2 Å². The molecule has 11 aromatic carbocycles. The second-order valence-corrected chi connectivity index (χ2v) is 19.6. The summed E-state index contributed by atoms with van der Waals surface area (Å²) in [5, 5.41) is 9.56. The molecular weight excluding hydrogens is 927 g/mol. The van der Waals surface area contributed by atoms with Gasteiger partial charge in [-0.05, 0) is 78.9 Å². The lowest BCUT2D eigenvalue weighted by Crippen LogP contribution is -2.03. The van der Waals surface area contributed by atoms with Gasteiger partial charge in [0.05, 0.1) is 44.1 Å². The summed E-state index contributed by atoms with van der Waals surface area (Å²) in [7, 11) is 0. The van der Waals surface area contributed by atoms with Gasteiger partial charge in [-0.15, -0.1) is 0 Å². The van der Waals surface area contributed by atoms with E-state index in [-0.39, 0.29) is 0 Å². The van der Waals surface area contributed by atoms with Crippen LogP contribution in [0.5, 0.6) is 0 Å². The van der Waals surface area contributed by atoms with Crippen LogP contribution in [0.1, 0.15) is 0 Å². The van der Waals surface area contributed by atoms with Crippen LogP contribution in [0.3, 0.4) is 0 Å². The van der Waals surface area contributed by atoms with Crippen molar-refractivity contribution in [3.8, 4) is 56.9 Å². The lowest BCUT2D eigenvalue weighted by molar-refractivity contribution is 1.07. The van der Waals surface area contributed by atoms with E-state index >= 15 is 0 Å². The van der Waals surface area contributed by atoms with Crippen molar-refractivity contribution in [2.24, 2.45) is 0 Å². The Bertz CT molecular complexity index is 4660. The molecule has 76 heavy (non-hydrogen) atoms. The maximum Gasteiger partial charge on any atom is 0.164 e. The number of aromatic nitrogens is 7. The summed E-state index contributed by atoms with van der Waals surface area (Å²) in [4.78, 5) is 15.9. The summed E-state index contributed by atoms with van der Waals surface area (Å²) in [5.74, 6) is 1.80. The molecule has 354 valence electrons. The fraction of sp³-hybridized carbons (Fsp3) is 0. The number of nitrogens with zero attached hydrogens (tertiary/aromatic N) is 7. The molecule has 0 aliphatic carbocycles. The molecule has 0 N–H and O–H groups in total. The first-order chi connectivity index (χ1) is 37.7. The molecule has 0 atom stereocenters. The van der Waals surface area contributed by atoms with Crippen LogP contribution in [0.2, 0.25) is 0 Å². The van der Waals surface area contributed by atoms with Gasteiger partial charge in [0, 0.05) is 82.5 Å². The molecule has 0 radical (unpaired) electrons. The van der Waals surface area contributed by atoms with E-state index in [2.05, 4.69) is 243 Å². The quantitative estimate of drug-likeness (QED) is 0.160.